The van der Waals surface area contributed by atoms with Gasteiger partial charge in [-0.2, -0.15) is 0 Å². The van der Waals surface area contributed by atoms with Gasteiger partial charge in [0.05, 0.1) is 5.02 Å². The number of benzene rings is 1. The summed E-state index contributed by atoms with van der Waals surface area (Å²) in [5.41, 5.74) is 3.35. The SMILES string of the molecule is CCCCCCCCCc1c(O)c(O)c(Cl)c(CCCCCCCCC)c1CCCCCCCCC. The van der Waals surface area contributed by atoms with E-state index >= 15 is 0 Å². The van der Waals surface area contributed by atoms with Gasteiger partial charge in [-0.05, 0) is 49.7 Å². The zero-order valence-corrected chi connectivity index (χ0v) is 25.0. The van der Waals surface area contributed by atoms with Gasteiger partial charge in [0.15, 0.2) is 11.5 Å². The Bertz CT molecular complexity index is 625. The van der Waals surface area contributed by atoms with Crippen molar-refractivity contribution in [2.24, 2.45) is 0 Å². The van der Waals surface area contributed by atoms with Crippen LogP contribution in [0.15, 0.2) is 0 Å². The second-order valence-corrected chi connectivity index (χ2v) is 11.4. The van der Waals surface area contributed by atoms with E-state index in [0.717, 1.165) is 49.7 Å². The van der Waals surface area contributed by atoms with E-state index in [-0.39, 0.29) is 11.5 Å². The quantitative estimate of drug-likeness (QED) is 0.105. The average molecular weight is 523 g/mol. The number of rotatable bonds is 24. The van der Waals surface area contributed by atoms with Crippen LogP contribution in [0.2, 0.25) is 5.02 Å². The van der Waals surface area contributed by atoms with Crippen LogP contribution in [0.5, 0.6) is 11.5 Å². The van der Waals surface area contributed by atoms with Crippen molar-refractivity contribution in [1.82, 2.24) is 0 Å². The van der Waals surface area contributed by atoms with Crippen LogP contribution in [0, 0.1) is 0 Å². The summed E-state index contributed by atoms with van der Waals surface area (Å²) >= 11 is 6.68. The molecule has 0 bridgehead atoms. The van der Waals surface area contributed by atoms with Crippen LogP contribution >= 0.6 is 11.6 Å². The minimum atomic E-state index is -0.0872. The van der Waals surface area contributed by atoms with Crippen molar-refractivity contribution in [3.63, 3.8) is 0 Å². The number of hydrogen-bond donors (Lipinski definition) is 2. The molecule has 210 valence electrons. The normalized spacial score (nSPS) is 11.4. The molecule has 0 unspecified atom stereocenters. The lowest BCUT2D eigenvalue weighted by Gasteiger charge is -2.20. The molecule has 1 aromatic rings. The third-order valence-electron chi connectivity index (χ3n) is 7.80. The molecule has 2 nitrogen and oxygen atoms in total. The molecule has 0 saturated heterocycles. The van der Waals surface area contributed by atoms with E-state index in [1.54, 1.807) is 0 Å². The molecule has 0 fully saturated rings. The maximum atomic E-state index is 10.9. The predicted molar refractivity (Wildman–Crippen MR) is 160 cm³/mol. The minimum absolute atomic E-state index is 0.0484. The topological polar surface area (TPSA) is 40.5 Å². The summed E-state index contributed by atoms with van der Waals surface area (Å²) < 4.78 is 0. The van der Waals surface area contributed by atoms with E-state index in [0.29, 0.717) is 5.02 Å². The lowest BCUT2D eigenvalue weighted by molar-refractivity contribution is 0.396. The molecule has 0 aliphatic carbocycles. The molecular weight excluding hydrogens is 464 g/mol. The van der Waals surface area contributed by atoms with Gasteiger partial charge >= 0.3 is 0 Å². The molecule has 0 saturated carbocycles. The van der Waals surface area contributed by atoms with Gasteiger partial charge in [0.2, 0.25) is 0 Å². The summed E-state index contributed by atoms with van der Waals surface area (Å²) in [5.74, 6) is -0.0388. The minimum Gasteiger partial charge on any atom is -0.504 e. The van der Waals surface area contributed by atoms with Gasteiger partial charge in [-0.15, -0.1) is 0 Å². The maximum Gasteiger partial charge on any atom is 0.177 e. The van der Waals surface area contributed by atoms with E-state index < -0.39 is 0 Å². The smallest absolute Gasteiger partial charge is 0.177 e. The first-order valence-electron chi connectivity index (χ1n) is 15.8. The zero-order valence-electron chi connectivity index (χ0n) is 24.2. The molecule has 0 atom stereocenters. The Hall–Kier alpha value is -0.890. The highest BCUT2D eigenvalue weighted by atomic mass is 35.5. The van der Waals surface area contributed by atoms with Gasteiger partial charge in [-0.25, -0.2) is 0 Å². The van der Waals surface area contributed by atoms with E-state index in [1.807, 2.05) is 0 Å². The van der Waals surface area contributed by atoms with Crippen LogP contribution in [0.3, 0.4) is 0 Å². The molecule has 0 heterocycles. The molecule has 0 aromatic heterocycles. The van der Waals surface area contributed by atoms with Crippen molar-refractivity contribution in [1.29, 1.82) is 0 Å². The lowest BCUT2D eigenvalue weighted by Crippen LogP contribution is -2.04. The summed E-state index contributed by atoms with van der Waals surface area (Å²) in [4.78, 5) is 0. The van der Waals surface area contributed by atoms with Crippen LogP contribution in [-0.4, -0.2) is 10.2 Å². The van der Waals surface area contributed by atoms with Gasteiger partial charge in [0.25, 0.3) is 0 Å². The van der Waals surface area contributed by atoms with Gasteiger partial charge in [0.1, 0.15) is 0 Å². The first-order valence-corrected chi connectivity index (χ1v) is 16.2. The summed E-state index contributed by atoms with van der Waals surface area (Å²) in [5, 5.41) is 22.0. The largest absolute Gasteiger partial charge is 0.504 e. The van der Waals surface area contributed by atoms with Gasteiger partial charge in [-0.3, -0.25) is 0 Å². The molecule has 0 aliphatic heterocycles. The van der Waals surface area contributed by atoms with Crippen molar-refractivity contribution >= 4 is 11.6 Å². The van der Waals surface area contributed by atoms with Gasteiger partial charge in [0, 0.05) is 5.56 Å². The molecule has 0 aliphatic rings. The molecule has 3 heteroatoms. The van der Waals surface area contributed by atoms with Crippen LogP contribution in [0.1, 0.15) is 172 Å². The average Bonchev–Trinajstić information content (AvgIpc) is 2.88. The molecular formula is C33H59ClO2. The Balaban J connectivity index is 2.83. The van der Waals surface area contributed by atoms with E-state index in [9.17, 15) is 10.2 Å². The Morgan fingerprint density at radius 1 is 0.389 bits per heavy atom. The second-order valence-electron chi connectivity index (χ2n) is 11.1. The van der Waals surface area contributed by atoms with Crippen LogP contribution in [0.25, 0.3) is 0 Å². The van der Waals surface area contributed by atoms with Crippen molar-refractivity contribution in [3.8, 4) is 11.5 Å². The third kappa shape index (κ3) is 13.6. The van der Waals surface area contributed by atoms with E-state index in [2.05, 4.69) is 20.8 Å². The maximum absolute atomic E-state index is 10.9. The highest BCUT2D eigenvalue weighted by Gasteiger charge is 2.22. The summed E-state index contributed by atoms with van der Waals surface area (Å²) in [7, 11) is 0. The van der Waals surface area contributed by atoms with E-state index in [4.69, 9.17) is 11.6 Å². The van der Waals surface area contributed by atoms with Gasteiger partial charge in [-0.1, -0.05) is 148 Å². The first kappa shape index (κ1) is 33.1. The fourth-order valence-corrected chi connectivity index (χ4v) is 5.75. The molecule has 2 N–H and O–H groups in total. The Morgan fingerprint density at radius 2 is 0.694 bits per heavy atom. The number of unbranched alkanes of at least 4 members (excludes halogenated alkanes) is 18. The Labute approximate surface area is 229 Å². The van der Waals surface area contributed by atoms with E-state index in [1.165, 1.54) is 121 Å². The number of phenols is 2. The molecule has 36 heavy (non-hydrogen) atoms. The molecule has 0 spiro atoms. The number of aromatic hydroxyl groups is 2. The third-order valence-corrected chi connectivity index (χ3v) is 8.21. The fraction of sp³-hybridized carbons (Fsp3) is 0.818. The summed E-state index contributed by atoms with van der Waals surface area (Å²) in [6.45, 7) is 6.78. The predicted octanol–water partition coefficient (Wildman–Crippen LogP) is 11.6. The number of phenolic OH excluding ortho intramolecular Hbond substituents is 2. The Morgan fingerprint density at radius 3 is 1.08 bits per heavy atom. The number of hydrogen-bond acceptors (Lipinski definition) is 2. The number of halogens is 1. The van der Waals surface area contributed by atoms with Crippen LogP contribution < -0.4 is 0 Å². The highest BCUT2D eigenvalue weighted by molar-refractivity contribution is 6.33. The van der Waals surface area contributed by atoms with Gasteiger partial charge < -0.3 is 10.2 Å². The molecule has 1 aromatic carbocycles. The van der Waals surface area contributed by atoms with Crippen LogP contribution in [0.4, 0.5) is 0 Å². The fourth-order valence-electron chi connectivity index (χ4n) is 5.46. The van der Waals surface area contributed by atoms with Crippen LogP contribution in [-0.2, 0) is 19.3 Å². The lowest BCUT2D eigenvalue weighted by atomic mass is 9.88. The second kappa shape index (κ2) is 22.1. The van der Waals surface area contributed by atoms with Crippen molar-refractivity contribution in [3.05, 3.63) is 21.7 Å². The molecule has 1 rings (SSSR count). The monoisotopic (exact) mass is 522 g/mol. The first-order chi connectivity index (χ1) is 17.6. The Kier molecular flexibility index (Phi) is 20.4. The van der Waals surface area contributed by atoms with Crippen molar-refractivity contribution < 1.29 is 10.2 Å². The zero-order chi connectivity index (χ0) is 26.4. The van der Waals surface area contributed by atoms with Crippen molar-refractivity contribution in [2.75, 3.05) is 0 Å². The van der Waals surface area contributed by atoms with Crippen molar-refractivity contribution in [2.45, 2.75) is 175 Å². The summed E-state index contributed by atoms with van der Waals surface area (Å²) in [6.07, 6.45) is 29.3. The molecule has 0 radical (unpaired) electrons. The summed E-state index contributed by atoms with van der Waals surface area (Å²) in [6, 6.07) is 0. The standard InChI is InChI=1S/C33H59ClO2/c1-4-7-10-13-16-19-22-25-28-29(26-23-20-17-14-11-8-5-2)31(34)33(36)32(35)30(28)27-24-21-18-15-12-9-6-3/h35-36H,4-27H2,1-3H3. The highest BCUT2D eigenvalue weighted by Crippen LogP contribution is 2.43. The molecule has 0 amide bonds.